The van der Waals surface area contributed by atoms with E-state index in [0.29, 0.717) is 23.6 Å². The first-order chi connectivity index (χ1) is 13.4. The molecule has 7 heteroatoms. The quantitative estimate of drug-likeness (QED) is 0.721. The van der Waals surface area contributed by atoms with Crippen molar-refractivity contribution in [3.8, 4) is 5.75 Å². The number of benzene rings is 2. The third-order valence-corrected chi connectivity index (χ3v) is 4.59. The normalized spacial score (nSPS) is 14.2. The van der Waals surface area contributed by atoms with E-state index in [4.69, 9.17) is 4.74 Å². The monoisotopic (exact) mass is 392 g/mol. The number of amides is 1. The molecule has 28 heavy (non-hydrogen) atoms. The van der Waals surface area contributed by atoms with Crippen LogP contribution in [0.25, 0.3) is 0 Å². The topological polar surface area (TPSA) is 41.6 Å². The van der Waals surface area contributed by atoms with Gasteiger partial charge in [-0.1, -0.05) is 13.0 Å². The largest absolute Gasteiger partial charge is 0.494 e. The van der Waals surface area contributed by atoms with Crippen LogP contribution in [0, 0.1) is 0 Å². The molecule has 0 saturated carbocycles. The number of carbonyl (C=O) groups is 1. The Kier molecular flexibility index (Phi) is 6.11. The van der Waals surface area contributed by atoms with Crippen molar-refractivity contribution in [1.29, 1.82) is 0 Å². The second kappa shape index (κ2) is 8.54. The third-order valence-electron chi connectivity index (χ3n) is 4.59. The van der Waals surface area contributed by atoms with E-state index in [1.165, 1.54) is 6.07 Å². The van der Waals surface area contributed by atoms with Gasteiger partial charge in [0, 0.05) is 18.7 Å². The second-order valence-electron chi connectivity index (χ2n) is 6.75. The van der Waals surface area contributed by atoms with E-state index >= 15 is 0 Å². The van der Waals surface area contributed by atoms with Gasteiger partial charge in [0.1, 0.15) is 5.75 Å². The molecule has 1 saturated heterocycles. The van der Waals surface area contributed by atoms with Crippen LogP contribution in [0.5, 0.6) is 5.75 Å². The van der Waals surface area contributed by atoms with E-state index in [0.717, 1.165) is 44.5 Å². The van der Waals surface area contributed by atoms with Crippen LogP contribution in [0.2, 0.25) is 0 Å². The lowest BCUT2D eigenvalue weighted by Crippen LogP contribution is -2.22. The van der Waals surface area contributed by atoms with Crippen LogP contribution in [0.15, 0.2) is 42.5 Å². The third kappa shape index (κ3) is 4.77. The van der Waals surface area contributed by atoms with Crippen molar-refractivity contribution in [2.45, 2.75) is 32.4 Å². The van der Waals surface area contributed by atoms with Gasteiger partial charge in [-0.05, 0) is 55.7 Å². The van der Waals surface area contributed by atoms with Crippen LogP contribution in [0.1, 0.15) is 42.1 Å². The van der Waals surface area contributed by atoms with Crippen LogP contribution in [0.3, 0.4) is 0 Å². The van der Waals surface area contributed by atoms with E-state index in [1.54, 1.807) is 24.3 Å². The summed E-state index contributed by atoms with van der Waals surface area (Å²) in [5.41, 5.74) is 0.322. The molecule has 1 aliphatic rings. The summed E-state index contributed by atoms with van der Waals surface area (Å²) < 4.78 is 45.0. The van der Waals surface area contributed by atoms with Gasteiger partial charge < -0.3 is 15.0 Å². The highest BCUT2D eigenvalue weighted by Gasteiger charge is 2.32. The maximum absolute atomic E-state index is 13.2. The highest BCUT2D eigenvalue weighted by Crippen LogP contribution is 2.36. The molecule has 0 atom stereocenters. The van der Waals surface area contributed by atoms with Gasteiger partial charge in [-0.15, -0.1) is 0 Å². The summed E-state index contributed by atoms with van der Waals surface area (Å²) in [6.07, 6.45) is -1.69. The van der Waals surface area contributed by atoms with E-state index in [1.807, 2.05) is 11.8 Å². The van der Waals surface area contributed by atoms with Crippen LogP contribution < -0.4 is 15.0 Å². The van der Waals surface area contributed by atoms with E-state index in [-0.39, 0.29) is 5.69 Å². The first-order valence-corrected chi connectivity index (χ1v) is 9.39. The smallest absolute Gasteiger partial charge is 0.416 e. The first-order valence-electron chi connectivity index (χ1n) is 9.39. The number of carbonyl (C=O) groups excluding carboxylic acids is 1. The summed E-state index contributed by atoms with van der Waals surface area (Å²) in [6.45, 7) is 4.02. The molecular weight excluding hydrogens is 369 g/mol. The number of nitrogens with zero attached hydrogens (tertiary/aromatic N) is 1. The molecule has 150 valence electrons. The van der Waals surface area contributed by atoms with Crippen LogP contribution >= 0.6 is 0 Å². The van der Waals surface area contributed by atoms with Gasteiger partial charge >= 0.3 is 6.18 Å². The molecule has 1 fully saturated rings. The molecule has 0 aromatic heterocycles. The summed E-state index contributed by atoms with van der Waals surface area (Å²) in [5, 5.41) is 2.66. The molecule has 0 bridgehead atoms. The minimum Gasteiger partial charge on any atom is -0.494 e. The average molecular weight is 392 g/mol. The van der Waals surface area contributed by atoms with Gasteiger partial charge in [0.2, 0.25) is 0 Å². The summed E-state index contributed by atoms with van der Waals surface area (Å²) in [7, 11) is 0. The molecule has 0 spiro atoms. The number of hydrogen-bond acceptors (Lipinski definition) is 3. The Hall–Kier alpha value is -2.70. The summed E-state index contributed by atoms with van der Waals surface area (Å²) in [6, 6.07) is 10.1. The van der Waals surface area contributed by atoms with Crippen molar-refractivity contribution in [2.75, 3.05) is 29.9 Å². The Balaban J connectivity index is 1.88. The van der Waals surface area contributed by atoms with Crippen molar-refractivity contribution < 1.29 is 22.7 Å². The van der Waals surface area contributed by atoms with Crippen molar-refractivity contribution in [2.24, 2.45) is 0 Å². The number of ether oxygens (including phenoxy) is 1. The van der Waals surface area contributed by atoms with Crippen LogP contribution in [0.4, 0.5) is 24.5 Å². The molecule has 1 amide bonds. The Bertz CT molecular complexity index is 831. The molecule has 1 N–H and O–H groups in total. The zero-order valence-corrected chi connectivity index (χ0v) is 15.7. The van der Waals surface area contributed by atoms with Crippen molar-refractivity contribution in [3.63, 3.8) is 0 Å². The van der Waals surface area contributed by atoms with E-state index in [9.17, 15) is 18.0 Å². The maximum Gasteiger partial charge on any atom is 0.416 e. The fourth-order valence-corrected chi connectivity index (χ4v) is 3.19. The number of halogens is 3. The molecule has 0 aliphatic carbocycles. The average Bonchev–Trinajstić information content (AvgIpc) is 3.20. The SMILES string of the molecule is CCCOc1cccc(C(=O)Nc2cc(C(F)(F)F)ccc2N2CCCC2)c1. The Morgan fingerprint density at radius 2 is 1.89 bits per heavy atom. The molecular formula is C21H23F3N2O2. The zero-order chi connectivity index (χ0) is 20.1. The van der Waals surface area contributed by atoms with Gasteiger partial charge in [0.05, 0.1) is 23.5 Å². The molecule has 1 aliphatic heterocycles. The van der Waals surface area contributed by atoms with Crippen molar-refractivity contribution in [3.05, 3.63) is 53.6 Å². The molecule has 3 rings (SSSR count). The lowest BCUT2D eigenvalue weighted by molar-refractivity contribution is -0.137. The van der Waals surface area contributed by atoms with Crippen molar-refractivity contribution >= 4 is 17.3 Å². The van der Waals surface area contributed by atoms with Gasteiger partial charge in [-0.25, -0.2) is 0 Å². The highest BCUT2D eigenvalue weighted by atomic mass is 19.4. The number of rotatable bonds is 6. The molecule has 2 aromatic carbocycles. The fourth-order valence-electron chi connectivity index (χ4n) is 3.19. The minimum absolute atomic E-state index is 0.168. The molecule has 0 unspecified atom stereocenters. The molecule has 4 nitrogen and oxygen atoms in total. The minimum atomic E-state index is -4.48. The molecule has 1 heterocycles. The van der Waals surface area contributed by atoms with Crippen molar-refractivity contribution in [1.82, 2.24) is 0 Å². The van der Waals surface area contributed by atoms with Gasteiger partial charge in [-0.2, -0.15) is 13.2 Å². The van der Waals surface area contributed by atoms with Crippen LogP contribution in [-0.2, 0) is 6.18 Å². The Morgan fingerprint density at radius 1 is 1.14 bits per heavy atom. The number of hydrogen-bond donors (Lipinski definition) is 1. The lowest BCUT2D eigenvalue weighted by Gasteiger charge is -2.23. The molecule has 0 radical (unpaired) electrons. The highest BCUT2D eigenvalue weighted by molar-refractivity contribution is 6.06. The number of anilines is 2. The van der Waals surface area contributed by atoms with Gasteiger partial charge in [0.15, 0.2) is 0 Å². The zero-order valence-electron chi connectivity index (χ0n) is 15.7. The summed E-state index contributed by atoms with van der Waals surface area (Å²) >= 11 is 0. The Labute approximate surface area is 162 Å². The maximum atomic E-state index is 13.2. The number of alkyl halides is 3. The predicted molar refractivity (Wildman–Crippen MR) is 103 cm³/mol. The lowest BCUT2D eigenvalue weighted by atomic mass is 10.1. The van der Waals surface area contributed by atoms with E-state index in [2.05, 4.69) is 5.32 Å². The van der Waals surface area contributed by atoms with Gasteiger partial charge in [0.25, 0.3) is 5.91 Å². The number of nitrogens with one attached hydrogen (secondary N) is 1. The second-order valence-corrected chi connectivity index (χ2v) is 6.75. The van der Waals surface area contributed by atoms with Crippen LogP contribution in [-0.4, -0.2) is 25.6 Å². The van der Waals surface area contributed by atoms with Gasteiger partial charge in [-0.3, -0.25) is 4.79 Å². The molecule has 2 aromatic rings. The summed E-state index contributed by atoms with van der Waals surface area (Å²) in [4.78, 5) is 14.7. The summed E-state index contributed by atoms with van der Waals surface area (Å²) in [5.74, 6) is 0.0834. The fraction of sp³-hybridized carbons (Fsp3) is 0.381. The Morgan fingerprint density at radius 3 is 2.57 bits per heavy atom. The van der Waals surface area contributed by atoms with E-state index < -0.39 is 17.6 Å². The first kappa shape index (κ1) is 20.0. The predicted octanol–water partition coefficient (Wildman–Crippen LogP) is 5.35. The standard InChI is InChI=1S/C21H23F3N2O2/c1-2-12-28-17-7-5-6-15(13-17)20(27)25-18-14-16(21(22,23)24)8-9-19(18)26-10-3-4-11-26/h5-9,13-14H,2-4,10-12H2,1H3,(H,25,27).